The van der Waals surface area contributed by atoms with Crippen LogP contribution in [0.4, 0.5) is 0 Å². The second-order valence-electron chi connectivity index (χ2n) is 7.46. The van der Waals surface area contributed by atoms with E-state index in [1.54, 1.807) is 0 Å². The largest absolute Gasteiger partial charge is 0.483 e. The van der Waals surface area contributed by atoms with E-state index >= 15 is 0 Å². The Hall–Kier alpha value is -1.59. The molecule has 1 aliphatic heterocycles. The van der Waals surface area contributed by atoms with Crippen LogP contribution in [0, 0.1) is 19.8 Å². The van der Waals surface area contributed by atoms with Crippen LogP contribution in [0.15, 0.2) is 18.2 Å². The van der Waals surface area contributed by atoms with Gasteiger partial charge in [0.25, 0.3) is 5.91 Å². The molecule has 5 heteroatoms. The SMILES string of the molecule is Cc1cccc(C)c1OCC(=O)NCC(C(C)C)N1CCN(C)CC1. The highest BCUT2D eigenvalue weighted by Gasteiger charge is 2.25. The lowest BCUT2D eigenvalue weighted by Gasteiger charge is -2.39. The molecule has 1 fully saturated rings. The third-order valence-electron chi connectivity index (χ3n) is 5.04. The topological polar surface area (TPSA) is 44.8 Å². The normalized spacial score (nSPS) is 17.5. The van der Waals surface area contributed by atoms with Crippen molar-refractivity contribution in [2.75, 3.05) is 46.4 Å². The molecule has 2 rings (SSSR count). The number of para-hydroxylation sites is 1. The maximum Gasteiger partial charge on any atom is 0.257 e. The molecule has 0 bridgehead atoms. The van der Waals surface area contributed by atoms with E-state index in [1.165, 1.54) is 0 Å². The minimum Gasteiger partial charge on any atom is -0.483 e. The van der Waals surface area contributed by atoms with Crippen LogP contribution in [0.1, 0.15) is 25.0 Å². The molecule has 1 atom stereocenters. The van der Waals surface area contributed by atoms with Crippen molar-refractivity contribution < 1.29 is 9.53 Å². The summed E-state index contributed by atoms with van der Waals surface area (Å²) in [6.07, 6.45) is 0. The number of aryl methyl sites for hydroxylation is 2. The number of nitrogens with one attached hydrogen (secondary N) is 1. The fraction of sp³-hybridized carbons (Fsp3) is 0.650. The predicted molar refractivity (Wildman–Crippen MR) is 102 cm³/mol. The van der Waals surface area contributed by atoms with Crippen molar-refractivity contribution >= 4 is 5.91 Å². The first-order valence-electron chi connectivity index (χ1n) is 9.26. The molecule has 140 valence electrons. The number of carbonyl (C=O) groups excluding carboxylic acids is 1. The lowest BCUT2D eigenvalue weighted by Crippen LogP contribution is -2.54. The fourth-order valence-electron chi connectivity index (χ4n) is 3.37. The maximum atomic E-state index is 12.2. The Morgan fingerprint density at radius 3 is 2.32 bits per heavy atom. The number of hydrogen-bond donors (Lipinski definition) is 1. The maximum absolute atomic E-state index is 12.2. The van der Waals surface area contributed by atoms with Gasteiger partial charge in [-0.05, 0) is 37.9 Å². The predicted octanol–water partition coefficient (Wildman–Crippen LogP) is 2.07. The highest BCUT2D eigenvalue weighted by molar-refractivity contribution is 5.77. The average molecular weight is 348 g/mol. The fourth-order valence-corrected chi connectivity index (χ4v) is 3.37. The van der Waals surface area contributed by atoms with Crippen LogP contribution in [-0.2, 0) is 4.79 Å². The summed E-state index contributed by atoms with van der Waals surface area (Å²) in [5.74, 6) is 1.27. The molecule has 0 spiro atoms. The van der Waals surface area contributed by atoms with Gasteiger partial charge < -0.3 is 15.0 Å². The number of rotatable bonds is 7. The van der Waals surface area contributed by atoms with Gasteiger partial charge in [0.05, 0.1) is 0 Å². The summed E-state index contributed by atoms with van der Waals surface area (Å²) in [4.78, 5) is 17.1. The molecule has 1 aromatic carbocycles. The number of benzene rings is 1. The zero-order chi connectivity index (χ0) is 18.4. The second kappa shape index (κ2) is 9.20. The van der Waals surface area contributed by atoms with Gasteiger partial charge in [-0.15, -0.1) is 0 Å². The van der Waals surface area contributed by atoms with Crippen LogP contribution in [0.3, 0.4) is 0 Å². The molecule has 0 saturated carbocycles. The molecule has 1 aromatic rings. The molecular formula is C20H33N3O2. The molecule has 0 aromatic heterocycles. The van der Waals surface area contributed by atoms with Crippen molar-refractivity contribution in [2.45, 2.75) is 33.7 Å². The van der Waals surface area contributed by atoms with Crippen LogP contribution in [0.2, 0.25) is 0 Å². The minimum atomic E-state index is -0.0533. The van der Waals surface area contributed by atoms with E-state index in [1.807, 2.05) is 32.0 Å². The van der Waals surface area contributed by atoms with Crippen LogP contribution in [-0.4, -0.2) is 68.1 Å². The number of hydrogen-bond acceptors (Lipinski definition) is 4. The Kier molecular flexibility index (Phi) is 7.26. The molecule has 1 saturated heterocycles. The van der Waals surface area contributed by atoms with Gasteiger partial charge in [0, 0.05) is 38.8 Å². The van der Waals surface area contributed by atoms with E-state index in [9.17, 15) is 4.79 Å². The summed E-state index contributed by atoms with van der Waals surface area (Å²) in [5, 5.41) is 3.06. The summed E-state index contributed by atoms with van der Waals surface area (Å²) >= 11 is 0. The molecule has 1 aliphatic rings. The van der Waals surface area contributed by atoms with Crippen molar-refractivity contribution in [1.29, 1.82) is 0 Å². The van der Waals surface area contributed by atoms with Gasteiger partial charge in [-0.2, -0.15) is 0 Å². The number of amides is 1. The number of carbonyl (C=O) groups is 1. The second-order valence-corrected chi connectivity index (χ2v) is 7.46. The molecule has 1 N–H and O–H groups in total. The molecule has 25 heavy (non-hydrogen) atoms. The summed E-state index contributed by atoms with van der Waals surface area (Å²) in [7, 11) is 2.16. The van der Waals surface area contributed by atoms with Crippen LogP contribution in [0.25, 0.3) is 0 Å². The third-order valence-corrected chi connectivity index (χ3v) is 5.04. The highest BCUT2D eigenvalue weighted by atomic mass is 16.5. The van der Waals surface area contributed by atoms with Gasteiger partial charge >= 0.3 is 0 Å². The van der Waals surface area contributed by atoms with E-state index in [0.717, 1.165) is 43.1 Å². The Bertz CT molecular complexity index is 546. The van der Waals surface area contributed by atoms with E-state index < -0.39 is 0 Å². The summed E-state index contributed by atoms with van der Waals surface area (Å²) < 4.78 is 5.75. The first-order valence-corrected chi connectivity index (χ1v) is 9.26. The molecule has 1 amide bonds. The standard InChI is InChI=1S/C20H33N3O2/c1-15(2)18(23-11-9-22(5)10-12-23)13-21-19(24)14-25-20-16(3)7-6-8-17(20)4/h6-8,15,18H,9-14H2,1-5H3,(H,21,24). The Balaban J connectivity index is 1.83. The third kappa shape index (κ3) is 5.72. The van der Waals surface area contributed by atoms with Crippen LogP contribution < -0.4 is 10.1 Å². The summed E-state index contributed by atoms with van der Waals surface area (Å²) in [6, 6.07) is 6.38. The molecule has 0 radical (unpaired) electrons. The van der Waals surface area contributed by atoms with E-state index in [2.05, 4.69) is 36.0 Å². The molecule has 5 nitrogen and oxygen atoms in total. The summed E-state index contributed by atoms with van der Waals surface area (Å²) in [5.41, 5.74) is 2.12. The van der Waals surface area contributed by atoms with Gasteiger partial charge in [0.15, 0.2) is 6.61 Å². The van der Waals surface area contributed by atoms with E-state index in [-0.39, 0.29) is 12.5 Å². The molecule has 0 aliphatic carbocycles. The van der Waals surface area contributed by atoms with Crippen molar-refractivity contribution in [2.24, 2.45) is 5.92 Å². The monoisotopic (exact) mass is 347 g/mol. The van der Waals surface area contributed by atoms with Crippen molar-refractivity contribution in [3.05, 3.63) is 29.3 Å². The molecule has 1 unspecified atom stereocenters. The van der Waals surface area contributed by atoms with Crippen molar-refractivity contribution in [3.63, 3.8) is 0 Å². The van der Waals surface area contributed by atoms with E-state index in [0.29, 0.717) is 18.5 Å². The Labute approximate surface area is 152 Å². The van der Waals surface area contributed by atoms with E-state index in [4.69, 9.17) is 4.74 Å². The number of nitrogens with zero attached hydrogens (tertiary/aromatic N) is 2. The average Bonchev–Trinajstić information content (AvgIpc) is 2.56. The van der Waals surface area contributed by atoms with Gasteiger partial charge in [-0.3, -0.25) is 9.69 Å². The van der Waals surface area contributed by atoms with Crippen LogP contribution >= 0.6 is 0 Å². The van der Waals surface area contributed by atoms with Crippen molar-refractivity contribution in [1.82, 2.24) is 15.1 Å². The molecular weight excluding hydrogens is 314 g/mol. The lowest BCUT2D eigenvalue weighted by atomic mass is 10.0. The Morgan fingerprint density at radius 2 is 1.76 bits per heavy atom. The van der Waals surface area contributed by atoms with Crippen molar-refractivity contribution in [3.8, 4) is 5.75 Å². The van der Waals surface area contributed by atoms with Gasteiger partial charge in [-0.25, -0.2) is 0 Å². The first-order chi connectivity index (χ1) is 11.9. The van der Waals surface area contributed by atoms with Gasteiger partial charge in [-0.1, -0.05) is 32.0 Å². The quantitative estimate of drug-likeness (QED) is 0.820. The Morgan fingerprint density at radius 1 is 1.16 bits per heavy atom. The molecule has 1 heterocycles. The lowest BCUT2D eigenvalue weighted by molar-refractivity contribution is -0.123. The zero-order valence-corrected chi connectivity index (χ0v) is 16.3. The summed E-state index contributed by atoms with van der Waals surface area (Å²) in [6.45, 7) is 13.5. The zero-order valence-electron chi connectivity index (χ0n) is 16.3. The first kappa shape index (κ1) is 19.7. The number of piperazine rings is 1. The smallest absolute Gasteiger partial charge is 0.257 e. The van der Waals surface area contributed by atoms with Gasteiger partial charge in [0.2, 0.25) is 0 Å². The highest BCUT2D eigenvalue weighted by Crippen LogP contribution is 2.22. The number of ether oxygens (including phenoxy) is 1. The van der Waals surface area contributed by atoms with Gasteiger partial charge in [0.1, 0.15) is 5.75 Å². The number of likely N-dealkylation sites (N-methyl/N-ethyl adjacent to an activating group) is 1. The van der Waals surface area contributed by atoms with Crippen LogP contribution in [0.5, 0.6) is 5.75 Å². The minimum absolute atomic E-state index is 0.0533.